The van der Waals surface area contributed by atoms with Gasteiger partial charge in [-0.25, -0.2) is 0 Å². The molecule has 1 fully saturated rings. The van der Waals surface area contributed by atoms with Crippen LogP contribution in [0.5, 0.6) is 0 Å². The van der Waals surface area contributed by atoms with Crippen molar-refractivity contribution in [1.29, 1.82) is 0 Å². The maximum Gasteiger partial charge on any atom is 0.225 e. The Kier molecular flexibility index (Phi) is 9.58. The van der Waals surface area contributed by atoms with Crippen LogP contribution in [0, 0.1) is 5.92 Å². The summed E-state index contributed by atoms with van der Waals surface area (Å²) in [4.78, 5) is 16.9. The van der Waals surface area contributed by atoms with E-state index in [1.807, 2.05) is 49.5 Å². The summed E-state index contributed by atoms with van der Waals surface area (Å²) in [7, 11) is 1.47. The highest BCUT2D eigenvalue weighted by atomic mass is 16.6. The first-order chi connectivity index (χ1) is 14.8. The molecule has 0 aromatic rings. The monoisotopic (exact) mass is 431 g/mol. The van der Waals surface area contributed by atoms with Crippen LogP contribution in [0.25, 0.3) is 0 Å². The molecule has 1 heterocycles. The Labute approximate surface area is 183 Å². The quantitative estimate of drug-likeness (QED) is 0.291. The number of carbonyl (C=O) groups excluding carboxylic acids is 1. The molecule has 4 N–H and O–H groups in total. The van der Waals surface area contributed by atoms with Gasteiger partial charge in [-0.15, -0.1) is 0 Å². The summed E-state index contributed by atoms with van der Waals surface area (Å²) in [6.07, 6.45) is 13.1. The van der Waals surface area contributed by atoms with E-state index in [0.29, 0.717) is 31.9 Å². The van der Waals surface area contributed by atoms with Gasteiger partial charge in [0.2, 0.25) is 12.3 Å². The third-order valence-corrected chi connectivity index (χ3v) is 5.23. The van der Waals surface area contributed by atoms with Crippen LogP contribution in [0.4, 0.5) is 0 Å². The van der Waals surface area contributed by atoms with Crippen LogP contribution in [0.15, 0.2) is 72.4 Å². The van der Waals surface area contributed by atoms with E-state index in [1.54, 1.807) is 11.0 Å². The van der Waals surface area contributed by atoms with Crippen molar-refractivity contribution in [1.82, 2.24) is 9.80 Å². The van der Waals surface area contributed by atoms with Gasteiger partial charge in [0.15, 0.2) is 5.76 Å². The summed E-state index contributed by atoms with van der Waals surface area (Å²) >= 11 is 0. The van der Waals surface area contributed by atoms with Crippen LogP contribution >= 0.6 is 0 Å². The number of hydrogen-bond acceptors (Lipinski definition) is 7. The number of aliphatic hydroxyl groups is 2. The van der Waals surface area contributed by atoms with E-state index in [0.717, 1.165) is 5.70 Å². The molecule has 2 aliphatic rings. The van der Waals surface area contributed by atoms with E-state index in [4.69, 9.17) is 15.2 Å². The van der Waals surface area contributed by atoms with Gasteiger partial charge < -0.3 is 29.5 Å². The van der Waals surface area contributed by atoms with E-state index in [9.17, 15) is 15.0 Å². The summed E-state index contributed by atoms with van der Waals surface area (Å²) in [6.45, 7) is 7.94. The number of amides is 1. The summed E-state index contributed by atoms with van der Waals surface area (Å²) in [5.74, 6) is -0.0238. The number of nitrogens with zero attached hydrogens (tertiary/aromatic N) is 2. The van der Waals surface area contributed by atoms with Gasteiger partial charge in [-0.1, -0.05) is 43.0 Å². The third-order valence-electron chi connectivity index (χ3n) is 5.23. The van der Waals surface area contributed by atoms with Gasteiger partial charge in [-0.05, 0) is 19.1 Å². The highest BCUT2D eigenvalue weighted by Gasteiger charge is 2.28. The lowest BCUT2D eigenvalue weighted by atomic mass is 9.98. The average Bonchev–Trinajstić information content (AvgIpc) is 3.02. The van der Waals surface area contributed by atoms with Crippen LogP contribution in [-0.2, 0) is 14.3 Å². The van der Waals surface area contributed by atoms with Crippen molar-refractivity contribution >= 4 is 5.91 Å². The first-order valence-electron chi connectivity index (χ1n) is 10.3. The lowest BCUT2D eigenvalue weighted by molar-refractivity contribution is -0.154. The first-order valence-corrected chi connectivity index (χ1v) is 10.3. The van der Waals surface area contributed by atoms with Crippen molar-refractivity contribution in [3.63, 3.8) is 0 Å². The van der Waals surface area contributed by atoms with Crippen LogP contribution in [0.1, 0.15) is 13.3 Å². The van der Waals surface area contributed by atoms with E-state index >= 15 is 0 Å². The number of ether oxygens (including phenoxy) is 2. The van der Waals surface area contributed by atoms with E-state index in [2.05, 4.69) is 11.5 Å². The molecule has 1 amide bonds. The second kappa shape index (κ2) is 12.1. The summed E-state index contributed by atoms with van der Waals surface area (Å²) in [5, 5.41) is 19.0. The van der Waals surface area contributed by atoms with E-state index in [1.165, 1.54) is 7.11 Å². The Hall–Kier alpha value is -2.81. The van der Waals surface area contributed by atoms with Gasteiger partial charge in [0.25, 0.3) is 0 Å². The van der Waals surface area contributed by atoms with E-state index in [-0.39, 0.29) is 24.0 Å². The molecule has 1 aliphatic carbocycles. The van der Waals surface area contributed by atoms with Gasteiger partial charge in [-0.3, -0.25) is 10.5 Å². The van der Waals surface area contributed by atoms with Crippen molar-refractivity contribution in [2.45, 2.75) is 25.9 Å². The first kappa shape index (κ1) is 24.5. The van der Waals surface area contributed by atoms with Gasteiger partial charge in [0, 0.05) is 37.8 Å². The smallest absolute Gasteiger partial charge is 0.225 e. The molecule has 31 heavy (non-hydrogen) atoms. The predicted octanol–water partition coefficient (Wildman–Crippen LogP) is 1.94. The Bertz CT molecular complexity index is 758. The Morgan fingerprint density at radius 1 is 1.16 bits per heavy atom. The van der Waals surface area contributed by atoms with Crippen LogP contribution in [0.3, 0.4) is 0 Å². The molecule has 8 heteroatoms. The minimum atomic E-state index is -1.44. The van der Waals surface area contributed by atoms with E-state index < -0.39 is 12.5 Å². The normalized spacial score (nSPS) is 19.9. The molecule has 0 aromatic carbocycles. The number of methoxy groups -OCH3 is 1. The van der Waals surface area contributed by atoms with Crippen molar-refractivity contribution in [3.05, 3.63) is 72.4 Å². The molecule has 2 rings (SSSR count). The molecule has 0 aromatic heterocycles. The van der Waals surface area contributed by atoms with Crippen LogP contribution in [0.2, 0.25) is 0 Å². The SMILES string of the molecule is C=C(O)/C(=C\C=C(/C)N1CCN(C(=O)C[C@@H](OC(N)O)C2C=CC=CC=C2)CC1)OC. The van der Waals surface area contributed by atoms with Gasteiger partial charge in [-0.2, -0.15) is 0 Å². The maximum absolute atomic E-state index is 12.9. The third kappa shape index (κ3) is 7.75. The zero-order valence-corrected chi connectivity index (χ0v) is 18.2. The molecule has 1 unspecified atom stereocenters. The second-order valence-corrected chi connectivity index (χ2v) is 7.36. The van der Waals surface area contributed by atoms with Crippen LogP contribution in [-0.4, -0.2) is 71.7 Å². The molecule has 1 aliphatic heterocycles. The Morgan fingerprint density at radius 2 is 1.74 bits per heavy atom. The van der Waals surface area contributed by atoms with Crippen molar-refractivity contribution in [2.24, 2.45) is 11.7 Å². The summed E-state index contributed by atoms with van der Waals surface area (Å²) in [5.41, 5.74) is 6.42. The fourth-order valence-electron chi connectivity index (χ4n) is 3.47. The number of allylic oxidation sites excluding steroid dienone is 7. The number of rotatable bonds is 9. The standard InChI is InChI=1S/C23H33N3O5/c1-17(10-11-20(30-3)18(2)27)25-12-14-26(15-13-25)22(28)16-21(31-23(24)29)19-8-6-4-5-7-9-19/h4-11,19,21,23,27,29H,2,12-16,24H2,1,3H3/b17-10+,20-11+/t21-,23?/m1/s1. The number of aliphatic hydroxyl groups excluding tert-OH is 2. The fourth-order valence-corrected chi connectivity index (χ4v) is 3.47. The lowest BCUT2D eigenvalue weighted by Crippen LogP contribution is -2.49. The Balaban J connectivity index is 1.94. The minimum Gasteiger partial charge on any atom is -0.505 e. The lowest BCUT2D eigenvalue weighted by Gasteiger charge is -2.37. The minimum absolute atomic E-state index is 0.0379. The van der Waals surface area contributed by atoms with Gasteiger partial charge in [0.1, 0.15) is 5.76 Å². The fraction of sp³-hybridized carbons (Fsp3) is 0.435. The summed E-state index contributed by atoms with van der Waals surface area (Å²) < 4.78 is 10.5. The highest BCUT2D eigenvalue weighted by molar-refractivity contribution is 5.77. The predicted molar refractivity (Wildman–Crippen MR) is 119 cm³/mol. The van der Waals surface area contributed by atoms with Crippen molar-refractivity contribution in [3.8, 4) is 0 Å². The number of hydrogen-bond donors (Lipinski definition) is 3. The highest BCUT2D eigenvalue weighted by Crippen LogP contribution is 2.20. The molecule has 2 atom stereocenters. The molecule has 0 saturated carbocycles. The van der Waals surface area contributed by atoms with Crippen molar-refractivity contribution < 1.29 is 24.5 Å². The summed E-state index contributed by atoms with van der Waals surface area (Å²) in [6, 6.07) is 0. The molecule has 8 nitrogen and oxygen atoms in total. The molecule has 0 bridgehead atoms. The molecule has 170 valence electrons. The maximum atomic E-state index is 12.9. The molecular weight excluding hydrogens is 398 g/mol. The van der Waals surface area contributed by atoms with Gasteiger partial charge in [0.05, 0.1) is 19.6 Å². The number of piperazine rings is 1. The molecular formula is C23H33N3O5. The topological polar surface area (TPSA) is 108 Å². The second-order valence-electron chi connectivity index (χ2n) is 7.36. The van der Waals surface area contributed by atoms with Crippen molar-refractivity contribution in [2.75, 3.05) is 33.3 Å². The number of carbonyl (C=O) groups is 1. The molecule has 1 saturated heterocycles. The molecule has 0 spiro atoms. The molecule has 0 radical (unpaired) electrons. The largest absolute Gasteiger partial charge is 0.505 e. The van der Waals surface area contributed by atoms with Gasteiger partial charge >= 0.3 is 0 Å². The number of nitrogens with two attached hydrogens (primary N) is 1. The zero-order chi connectivity index (χ0) is 22.8. The zero-order valence-electron chi connectivity index (χ0n) is 18.2. The van der Waals surface area contributed by atoms with Crippen LogP contribution < -0.4 is 5.73 Å². The average molecular weight is 432 g/mol. The Morgan fingerprint density at radius 3 is 2.26 bits per heavy atom.